The highest BCUT2D eigenvalue weighted by molar-refractivity contribution is 6.33. The second-order valence-corrected chi connectivity index (χ2v) is 10.5. The number of aromatic nitrogens is 2. The van der Waals surface area contributed by atoms with Crippen molar-refractivity contribution in [3.05, 3.63) is 81.1 Å². The van der Waals surface area contributed by atoms with Gasteiger partial charge in [0, 0.05) is 37.0 Å². The van der Waals surface area contributed by atoms with Crippen molar-refractivity contribution in [2.75, 3.05) is 39.3 Å². The van der Waals surface area contributed by atoms with Gasteiger partial charge in [-0.1, -0.05) is 35.3 Å². The maximum atomic E-state index is 13.0. The quantitative estimate of drug-likeness (QED) is 0.163. The summed E-state index contributed by atoms with van der Waals surface area (Å²) in [4.78, 5) is 63.0. The van der Waals surface area contributed by atoms with Gasteiger partial charge in [-0.25, -0.2) is 9.97 Å². The molecule has 4 aromatic rings. The van der Waals surface area contributed by atoms with Crippen molar-refractivity contribution < 1.29 is 19.2 Å². The molecule has 0 saturated carbocycles. The predicted octanol–water partition coefficient (Wildman–Crippen LogP) is 3.55. The minimum Gasteiger partial charge on any atom is -0.315 e. The van der Waals surface area contributed by atoms with Crippen LogP contribution in [0.2, 0.25) is 10.3 Å². The Morgan fingerprint density at radius 2 is 1.00 bits per heavy atom. The minimum atomic E-state index is -0.384. The zero-order chi connectivity index (χ0) is 28.7. The molecule has 41 heavy (non-hydrogen) atoms. The van der Waals surface area contributed by atoms with Crippen LogP contribution in [-0.4, -0.2) is 82.7 Å². The minimum absolute atomic E-state index is 0.204. The van der Waals surface area contributed by atoms with Crippen molar-refractivity contribution in [1.82, 2.24) is 30.4 Å². The van der Waals surface area contributed by atoms with Crippen LogP contribution in [0.3, 0.4) is 0 Å². The molecule has 12 heteroatoms. The van der Waals surface area contributed by atoms with E-state index in [0.29, 0.717) is 70.2 Å². The molecule has 2 aliphatic heterocycles. The summed E-state index contributed by atoms with van der Waals surface area (Å²) in [5.41, 5.74) is 2.69. The lowest BCUT2D eigenvalue weighted by atomic mass is 9.97. The highest BCUT2D eigenvalue weighted by Gasteiger charge is 2.34. The Kier molecular flexibility index (Phi) is 7.39. The molecule has 0 fully saturated rings. The van der Waals surface area contributed by atoms with Gasteiger partial charge in [-0.3, -0.25) is 29.0 Å². The van der Waals surface area contributed by atoms with E-state index < -0.39 is 0 Å². The molecule has 2 aliphatic rings. The van der Waals surface area contributed by atoms with Crippen molar-refractivity contribution in [2.45, 2.75) is 6.42 Å². The molecule has 10 nitrogen and oxygen atoms in total. The Labute approximate surface area is 244 Å². The Bertz CT molecular complexity index is 1630. The van der Waals surface area contributed by atoms with E-state index in [4.69, 9.17) is 23.2 Å². The van der Waals surface area contributed by atoms with Gasteiger partial charge >= 0.3 is 0 Å². The number of amides is 4. The van der Waals surface area contributed by atoms with Crippen LogP contribution in [0.5, 0.6) is 0 Å². The van der Waals surface area contributed by atoms with Gasteiger partial charge in [0.05, 0.1) is 33.3 Å². The number of halogens is 2. The van der Waals surface area contributed by atoms with Gasteiger partial charge in [0.15, 0.2) is 0 Å². The summed E-state index contributed by atoms with van der Waals surface area (Å²) < 4.78 is 0. The normalized spacial score (nSPS) is 14.6. The lowest BCUT2D eigenvalue weighted by Crippen LogP contribution is -2.44. The average molecular weight is 591 g/mol. The number of imide groups is 2. The summed E-state index contributed by atoms with van der Waals surface area (Å²) in [6.45, 7) is 2.59. The van der Waals surface area contributed by atoms with Crippen LogP contribution >= 0.6 is 23.2 Å². The third kappa shape index (κ3) is 4.93. The SMILES string of the molecule is O=C1c2cccc3nc(Cl)cc(c23)C(=O)N1CCNCCCNCCN1C(=O)c2cccc3nc(Cl)cc(c23)C1=O. The number of carbonyl (C=O) groups excluding carboxylic acids is 4. The van der Waals surface area contributed by atoms with Gasteiger partial charge in [-0.05, 0) is 55.9 Å². The largest absolute Gasteiger partial charge is 0.315 e. The molecule has 0 atom stereocenters. The van der Waals surface area contributed by atoms with Crippen LogP contribution in [0, 0.1) is 0 Å². The number of nitrogens with zero attached hydrogens (tertiary/aromatic N) is 4. The van der Waals surface area contributed by atoms with E-state index in [-0.39, 0.29) is 47.0 Å². The first-order valence-corrected chi connectivity index (χ1v) is 13.9. The third-order valence-electron chi connectivity index (χ3n) is 7.24. The number of rotatable bonds is 10. The second-order valence-electron chi connectivity index (χ2n) is 9.76. The van der Waals surface area contributed by atoms with Crippen molar-refractivity contribution in [3.8, 4) is 0 Å². The van der Waals surface area contributed by atoms with E-state index in [9.17, 15) is 19.2 Å². The third-order valence-corrected chi connectivity index (χ3v) is 7.63. The molecule has 2 aromatic heterocycles. The highest BCUT2D eigenvalue weighted by atomic mass is 35.5. The number of nitrogens with one attached hydrogen (secondary N) is 2. The number of carbonyl (C=O) groups is 4. The molecule has 0 unspecified atom stereocenters. The van der Waals surface area contributed by atoms with Crippen molar-refractivity contribution in [1.29, 1.82) is 0 Å². The van der Waals surface area contributed by atoms with E-state index in [2.05, 4.69) is 20.6 Å². The lowest BCUT2D eigenvalue weighted by Gasteiger charge is -2.27. The Morgan fingerprint density at radius 3 is 1.44 bits per heavy atom. The fourth-order valence-corrected chi connectivity index (χ4v) is 5.75. The van der Waals surface area contributed by atoms with Gasteiger partial charge < -0.3 is 10.6 Å². The van der Waals surface area contributed by atoms with Gasteiger partial charge in [0.2, 0.25) is 0 Å². The van der Waals surface area contributed by atoms with Gasteiger partial charge in [0.25, 0.3) is 23.6 Å². The summed E-state index contributed by atoms with van der Waals surface area (Å²) in [5.74, 6) is -1.46. The molecular weight excluding hydrogens is 567 g/mol. The Balaban J connectivity index is 0.953. The van der Waals surface area contributed by atoms with E-state index in [1.165, 1.54) is 21.9 Å². The van der Waals surface area contributed by atoms with Gasteiger partial charge in [-0.15, -0.1) is 0 Å². The maximum absolute atomic E-state index is 13.0. The second kappa shape index (κ2) is 11.1. The van der Waals surface area contributed by atoms with Crippen molar-refractivity contribution >= 4 is 68.6 Å². The lowest BCUT2D eigenvalue weighted by molar-refractivity contribution is 0.0597. The summed E-state index contributed by atoms with van der Waals surface area (Å²) >= 11 is 12.2. The molecule has 4 amide bonds. The Morgan fingerprint density at radius 1 is 0.585 bits per heavy atom. The zero-order valence-corrected chi connectivity index (χ0v) is 23.3. The Hall–Kier alpha value is -3.96. The predicted molar refractivity (Wildman–Crippen MR) is 155 cm³/mol. The molecule has 0 bridgehead atoms. The summed E-state index contributed by atoms with van der Waals surface area (Å²) in [7, 11) is 0. The number of pyridine rings is 2. The summed E-state index contributed by atoms with van der Waals surface area (Å²) in [6, 6.07) is 13.3. The van der Waals surface area contributed by atoms with Crippen molar-refractivity contribution in [3.63, 3.8) is 0 Å². The molecule has 0 saturated heterocycles. The van der Waals surface area contributed by atoms with Crippen LogP contribution in [0.1, 0.15) is 47.9 Å². The molecule has 0 spiro atoms. The van der Waals surface area contributed by atoms with Crippen LogP contribution in [-0.2, 0) is 0 Å². The first kappa shape index (κ1) is 27.2. The molecule has 2 N–H and O–H groups in total. The summed E-state index contributed by atoms with van der Waals surface area (Å²) in [6.07, 6.45) is 0.761. The summed E-state index contributed by atoms with van der Waals surface area (Å²) in [5, 5.41) is 8.00. The molecule has 6 rings (SSSR count). The van der Waals surface area contributed by atoms with Gasteiger partial charge in [0.1, 0.15) is 10.3 Å². The smallest absolute Gasteiger partial charge is 0.261 e. The van der Waals surface area contributed by atoms with Crippen LogP contribution in [0.15, 0.2) is 48.5 Å². The molecule has 0 aliphatic carbocycles. The van der Waals surface area contributed by atoms with E-state index in [1.807, 2.05) is 0 Å². The van der Waals surface area contributed by atoms with E-state index in [0.717, 1.165) is 6.42 Å². The zero-order valence-electron chi connectivity index (χ0n) is 21.7. The monoisotopic (exact) mass is 590 g/mol. The van der Waals surface area contributed by atoms with Crippen LogP contribution in [0.25, 0.3) is 21.8 Å². The number of hydrogen-bond acceptors (Lipinski definition) is 8. The van der Waals surface area contributed by atoms with E-state index in [1.54, 1.807) is 36.4 Å². The van der Waals surface area contributed by atoms with Gasteiger partial charge in [-0.2, -0.15) is 0 Å². The number of hydrogen-bond donors (Lipinski definition) is 2. The van der Waals surface area contributed by atoms with Crippen LogP contribution < -0.4 is 10.6 Å². The highest BCUT2D eigenvalue weighted by Crippen LogP contribution is 2.32. The van der Waals surface area contributed by atoms with Crippen molar-refractivity contribution in [2.24, 2.45) is 0 Å². The molecule has 2 aromatic carbocycles. The first-order valence-electron chi connectivity index (χ1n) is 13.2. The topological polar surface area (TPSA) is 125 Å². The fourth-order valence-electron chi connectivity index (χ4n) is 5.35. The van der Waals surface area contributed by atoms with Crippen LogP contribution in [0.4, 0.5) is 0 Å². The number of benzene rings is 2. The molecular formula is C29H24Cl2N6O4. The fraction of sp³-hybridized carbons (Fsp3) is 0.241. The average Bonchev–Trinajstić information content (AvgIpc) is 2.96. The molecule has 0 radical (unpaired) electrons. The van der Waals surface area contributed by atoms with E-state index >= 15 is 0 Å². The standard InChI is InChI=1S/C29H24Cl2N6O4/c30-22-14-18-24-16(4-1-6-20(24)34-22)26(38)36(28(18)40)12-10-32-8-3-9-33-11-13-37-27(39)17-5-2-7-21-25(17)19(29(37)41)15-23(31)35-21/h1-2,4-7,14-15,32-33H,3,8-13H2. The maximum Gasteiger partial charge on any atom is 0.261 e. The molecule has 208 valence electrons. The molecule has 4 heterocycles. The first-order chi connectivity index (χ1) is 19.8.